The lowest BCUT2D eigenvalue weighted by molar-refractivity contribution is 0.400. The van der Waals surface area contributed by atoms with Crippen LogP contribution in [0.15, 0.2) is 18.2 Å². The van der Waals surface area contributed by atoms with Crippen molar-refractivity contribution in [2.75, 3.05) is 14.2 Å². The van der Waals surface area contributed by atoms with Gasteiger partial charge < -0.3 is 9.47 Å². The van der Waals surface area contributed by atoms with E-state index in [0.717, 1.165) is 22.6 Å². The van der Waals surface area contributed by atoms with Gasteiger partial charge in [-0.15, -0.1) is 0 Å². The number of rotatable bonds is 3. The molecule has 14 heavy (non-hydrogen) atoms. The van der Waals surface area contributed by atoms with Gasteiger partial charge in [-0.1, -0.05) is 12.2 Å². The van der Waals surface area contributed by atoms with Crippen molar-refractivity contribution in [2.24, 2.45) is 0 Å². The molecule has 0 saturated carbocycles. The van der Waals surface area contributed by atoms with Crippen molar-refractivity contribution in [1.29, 1.82) is 0 Å². The Morgan fingerprint density at radius 1 is 1.07 bits per heavy atom. The average molecular weight is 192 g/mol. The second-order valence-corrected chi connectivity index (χ2v) is 3.06. The number of aryl methyl sites for hydroxylation is 1. The summed E-state index contributed by atoms with van der Waals surface area (Å²) < 4.78 is 10.5. The summed E-state index contributed by atoms with van der Waals surface area (Å²) in [5.41, 5.74) is 2.12. The van der Waals surface area contributed by atoms with Gasteiger partial charge in [0.2, 0.25) is 0 Å². The van der Waals surface area contributed by atoms with Crippen molar-refractivity contribution >= 4 is 6.08 Å². The van der Waals surface area contributed by atoms with Crippen molar-refractivity contribution < 1.29 is 9.47 Å². The topological polar surface area (TPSA) is 18.5 Å². The van der Waals surface area contributed by atoms with Gasteiger partial charge in [0.05, 0.1) is 14.2 Å². The highest BCUT2D eigenvalue weighted by Gasteiger charge is 2.05. The van der Waals surface area contributed by atoms with Gasteiger partial charge in [-0.05, 0) is 31.5 Å². The maximum absolute atomic E-state index is 5.27. The van der Waals surface area contributed by atoms with E-state index < -0.39 is 0 Å². The van der Waals surface area contributed by atoms with Crippen LogP contribution in [-0.4, -0.2) is 14.2 Å². The number of methoxy groups -OCH3 is 2. The summed E-state index contributed by atoms with van der Waals surface area (Å²) in [7, 11) is 3.35. The fourth-order valence-electron chi connectivity index (χ4n) is 1.38. The first kappa shape index (κ1) is 10.6. The molecule has 2 nitrogen and oxygen atoms in total. The first-order chi connectivity index (χ1) is 6.72. The maximum Gasteiger partial charge on any atom is 0.126 e. The van der Waals surface area contributed by atoms with Gasteiger partial charge in [0, 0.05) is 5.56 Å². The molecule has 0 atom stereocenters. The van der Waals surface area contributed by atoms with Crippen LogP contribution < -0.4 is 9.47 Å². The summed E-state index contributed by atoms with van der Waals surface area (Å²) in [5.74, 6) is 1.76. The van der Waals surface area contributed by atoms with E-state index in [9.17, 15) is 0 Å². The molecule has 0 aliphatic heterocycles. The van der Waals surface area contributed by atoms with E-state index in [2.05, 4.69) is 0 Å². The van der Waals surface area contributed by atoms with Crippen molar-refractivity contribution in [3.8, 4) is 11.5 Å². The molecule has 0 bridgehead atoms. The summed E-state index contributed by atoms with van der Waals surface area (Å²) in [6, 6.07) is 3.96. The van der Waals surface area contributed by atoms with E-state index in [1.54, 1.807) is 14.2 Å². The molecule has 0 aromatic heterocycles. The Bertz CT molecular complexity index is 340. The summed E-state index contributed by atoms with van der Waals surface area (Å²) in [5, 5.41) is 0. The van der Waals surface area contributed by atoms with Crippen molar-refractivity contribution in [2.45, 2.75) is 13.8 Å². The summed E-state index contributed by atoms with van der Waals surface area (Å²) in [6.45, 7) is 3.98. The van der Waals surface area contributed by atoms with E-state index in [4.69, 9.17) is 9.47 Å². The van der Waals surface area contributed by atoms with E-state index >= 15 is 0 Å². The first-order valence-electron chi connectivity index (χ1n) is 4.58. The van der Waals surface area contributed by atoms with Crippen molar-refractivity contribution in [3.05, 3.63) is 29.3 Å². The maximum atomic E-state index is 5.27. The Balaban J connectivity index is 3.24. The molecule has 0 heterocycles. The van der Waals surface area contributed by atoms with Crippen LogP contribution in [0, 0.1) is 6.92 Å². The van der Waals surface area contributed by atoms with Gasteiger partial charge in [-0.3, -0.25) is 0 Å². The van der Waals surface area contributed by atoms with Crippen LogP contribution in [0.3, 0.4) is 0 Å². The fraction of sp³-hybridized carbons (Fsp3) is 0.333. The zero-order valence-electron chi connectivity index (χ0n) is 9.13. The van der Waals surface area contributed by atoms with Crippen LogP contribution >= 0.6 is 0 Å². The average Bonchev–Trinajstić information content (AvgIpc) is 2.20. The highest BCUT2D eigenvalue weighted by Crippen LogP contribution is 2.28. The van der Waals surface area contributed by atoms with Gasteiger partial charge in [0.1, 0.15) is 11.5 Å². The third-order valence-electron chi connectivity index (χ3n) is 2.09. The van der Waals surface area contributed by atoms with Crippen LogP contribution in [-0.2, 0) is 0 Å². The number of hydrogen-bond acceptors (Lipinski definition) is 2. The summed E-state index contributed by atoms with van der Waals surface area (Å²) in [6.07, 6.45) is 3.98. The normalized spacial score (nSPS) is 10.6. The first-order valence-corrected chi connectivity index (χ1v) is 4.58. The zero-order chi connectivity index (χ0) is 10.6. The van der Waals surface area contributed by atoms with Gasteiger partial charge in [0.25, 0.3) is 0 Å². The van der Waals surface area contributed by atoms with Crippen LogP contribution in [0.4, 0.5) is 0 Å². The minimum Gasteiger partial charge on any atom is -0.496 e. The Morgan fingerprint density at radius 3 is 2.21 bits per heavy atom. The third-order valence-corrected chi connectivity index (χ3v) is 2.09. The smallest absolute Gasteiger partial charge is 0.126 e. The fourth-order valence-corrected chi connectivity index (χ4v) is 1.38. The van der Waals surface area contributed by atoms with Gasteiger partial charge in [0.15, 0.2) is 0 Å². The highest BCUT2D eigenvalue weighted by molar-refractivity contribution is 5.61. The predicted molar refractivity (Wildman–Crippen MR) is 59.0 cm³/mol. The second kappa shape index (κ2) is 4.70. The Kier molecular flexibility index (Phi) is 3.57. The van der Waals surface area contributed by atoms with Crippen LogP contribution in [0.1, 0.15) is 18.1 Å². The van der Waals surface area contributed by atoms with Crippen LogP contribution in [0.25, 0.3) is 6.08 Å². The zero-order valence-corrected chi connectivity index (χ0v) is 9.13. The van der Waals surface area contributed by atoms with Gasteiger partial charge >= 0.3 is 0 Å². The molecule has 0 N–H and O–H groups in total. The van der Waals surface area contributed by atoms with E-state index in [1.165, 1.54) is 0 Å². The Morgan fingerprint density at radius 2 is 1.71 bits per heavy atom. The van der Waals surface area contributed by atoms with Crippen molar-refractivity contribution in [3.63, 3.8) is 0 Å². The number of benzene rings is 1. The van der Waals surface area contributed by atoms with Crippen LogP contribution in [0.2, 0.25) is 0 Å². The highest BCUT2D eigenvalue weighted by atomic mass is 16.5. The molecule has 0 aliphatic carbocycles. The number of hydrogen-bond donors (Lipinski definition) is 0. The van der Waals surface area contributed by atoms with E-state index in [1.807, 2.05) is 38.1 Å². The molecule has 0 aliphatic rings. The molecule has 1 aromatic rings. The monoisotopic (exact) mass is 192 g/mol. The summed E-state index contributed by atoms with van der Waals surface area (Å²) in [4.78, 5) is 0. The molecule has 0 fully saturated rings. The molecule has 2 heteroatoms. The molecule has 76 valence electrons. The summed E-state index contributed by atoms with van der Waals surface area (Å²) >= 11 is 0. The largest absolute Gasteiger partial charge is 0.496 e. The van der Waals surface area contributed by atoms with E-state index in [-0.39, 0.29) is 0 Å². The molecule has 0 unspecified atom stereocenters. The third kappa shape index (κ3) is 2.08. The molecule has 0 amide bonds. The lowest BCUT2D eigenvalue weighted by Crippen LogP contribution is -1.92. The lowest BCUT2D eigenvalue weighted by Gasteiger charge is -2.10. The minimum absolute atomic E-state index is 0.876. The molecule has 0 saturated heterocycles. The quantitative estimate of drug-likeness (QED) is 0.732. The number of ether oxygens (including phenoxy) is 2. The number of allylic oxidation sites excluding steroid dienone is 1. The Labute approximate surface area is 85.2 Å². The molecule has 0 spiro atoms. The minimum atomic E-state index is 0.876. The Hall–Kier alpha value is -1.44. The lowest BCUT2D eigenvalue weighted by atomic mass is 10.1. The predicted octanol–water partition coefficient (Wildman–Crippen LogP) is 3.05. The molecule has 0 radical (unpaired) electrons. The standard InChI is InChI=1S/C12H16O2/c1-5-6-10-8-11(13-3)9(2)7-12(10)14-4/h5-8H,1-4H3/b6-5-. The second-order valence-electron chi connectivity index (χ2n) is 3.06. The van der Waals surface area contributed by atoms with E-state index in [0.29, 0.717) is 0 Å². The molecule has 1 aromatic carbocycles. The molecular formula is C12H16O2. The van der Waals surface area contributed by atoms with Crippen LogP contribution in [0.5, 0.6) is 11.5 Å². The SMILES string of the molecule is C/C=C\c1cc(OC)c(C)cc1OC. The van der Waals surface area contributed by atoms with Crippen molar-refractivity contribution in [1.82, 2.24) is 0 Å². The van der Waals surface area contributed by atoms with Gasteiger partial charge in [-0.2, -0.15) is 0 Å². The molecular weight excluding hydrogens is 176 g/mol. The molecule has 1 rings (SSSR count). The van der Waals surface area contributed by atoms with Gasteiger partial charge in [-0.25, -0.2) is 0 Å².